The molecular weight excluding hydrogens is 510 g/mol. The van der Waals surface area contributed by atoms with E-state index in [1.807, 2.05) is 12.1 Å². The Labute approximate surface area is 229 Å². The quantitative estimate of drug-likeness (QED) is 0.380. The van der Waals surface area contributed by atoms with Gasteiger partial charge >= 0.3 is 0 Å². The minimum absolute atomic E-state index is 0.0416. The first-order valence-electron chi connectivity index (χ1n) is 12.5. The molecule has 2 N–H and O–H groups in total. The molecule has 3 aliphatic heterocycles. The van der Waals surface area contributed by atoms with E-state index in [1.165, 1.54) is 12.0 Å². The molecule has 3 aliphatic rings. The first kappa shape index (κ1) is 25.0. The van der Waals surface area contributed by atoms with E-state index in [-0.39, 0.29) is 24.6 Å². The summed E-state index contributed by atoms with van der Waals surface area (Å²) in [5.74, 6) is 5.39. The fourth-order valence-corrected chi connectivity index (χ4v) is 5.01. The number of pyridine rings is 2. The van der Waals surface area contributed by atoms with Crippen LogP contribution in [0.5, 0.6) is 11.5 Å². The molecule has 40 heavy (non-hydrogen) atoms. The minimum atomic E-state index is -1.41. The second-order valence-electron chi connectivity index (χ2n) is 9.75. The molecule has 0 radical (unpaired) electrons. The Bertz CT molecular complexity index is 1720. The number of nitrogens with one attached hydrogen (secondary N) is 1. The van der Waals surface area contributed by atoms with Gasteiger partial charge in [-0.25, -0.2) is 4.98 Å². The lowest BCUT2D eigenvalue weighted by Gasteiger charge is -2.25. The molecule has 1 saturated heterocycles. The van der Waals surface area contributed by atoms with Gasteiger partial charge < -0.3 is 14.7 Å². The van der Waals surface area contributed by atoms with Crippen LogP contribution in [-0.4, -0.2) is 64.1 Å². The first-order valence-corrected chi connectivity index (χ1v) is 12.5. The van der Waals surface area contributed by atoms with E-state index >= 15 is 0 Å². The maximum Gasteiger partial charge on any atom is 0.254 e. The highest BCUT2D eigenvalue weighted by atomic mass is 16.5. The predicted molar refractivity (Wildman–Crippen MR) is 145 cm³/mol. The highest BCUT2D eigenvalue weighted by Crippen LogP contribution is 2.34. The molecular formula is C30H23N5O5. The van der Waals surface area contributed by atoms with Crippen LogP contribution in [0.1, 0.15) is 33.6 Å². The molecule has 3 aromatic rings. The van der Waals surface area contributed by atoms with E-state index in [9.17, 15) is 19.5 Å². The summed E-state index contributed by atoms with van der Waals surface area (Å²) in [6.07, 6.45) is 6.56. The van der Waals surface area contributed by atoms with Crippen LogP contribution < -0.4 is 10.1 Å². The van der Waals surface area contributed by atoms with E-state index in [2.05, 4.69) is 32.1 Å². The number of carbonyl (C=O) groups is 3. The summed E-state index contributed by atoms with van der Waals surface area (Å²) in [6.45, 7) is 0.796. The lowest BCUT2D eigenvalue weighted by molar-refractivity contribution is -0.127. The van der Waals surface area contributed by atoms with Crippen LogP contribution in [0.4, 0.5) is 0 Å². The zero-order chi connectivity index (χ0) is 27.9. The molecule has 2 aromatic heterocycles. The van der Waals surface area contributed by atoms with E-state index in [1.54, 1.807) is 48.9 Å². The topological polar surface area (TPSA) is 134 Å². The fourth-order valence-electron chi connectivity index (χ4n) is 5.01. The highest BCUT2D eigenvalue weighted by Gasteiger charge is 2.48. The zero-order valence-corrected chi connectivity index (χ0v) is 21.5. The molecule has 10 nitrogen and oxygen atoms in total. The van der Waals surface area contributed by atoms with Crippen LogP contribution in [0.3, 0.4) is 0 Å². The average molecular weight is 534 g/mol. The van der Waals surface area contributed by atoms with E-state index < -0.39 is 17.2 Å². The number of hydrogen-bond acceptors (Lipinski definition) is 8. The van der Waals surface area contributed by atoms with Crippen molar-refractivity contribution in [3.05, 3.63) is 77.3 Å². The standard InChI is InChI=1S/C30H23N5O5/c1-40-22-3-2-20-16-35(28(38)23(20)11-22)17-30(12-26(37)34-29(30)39)8-6-18-10-21(15-32-13-18)24-4-5-25(36)27(33-24)19-7-9-31-14-19/h2-5,7,10-11,13-15,36H,9,12,16-17H2,1H3,(H,34,37,39)/t30-/m1/s1. The first-order chi connectivity index (χ1) is 19.3. The number of imide groups is 1. The molecule has 10 heteroatoms. The molecule has 1 fully saturated rings. The summed E-state index contributed by atoms with van der Waals surface area (Å²) >= 11 is 0. The Hall–Kier alpha value is -5.30. The van der Waals surface area contributed by atoms with Gasteiger partial charge in [0.1, 0.15) is 22.6 Å². The van der Waals surface area contributed by atoms with Crippen molar-refractivity contribution in [2.45, 2.75) is 13.0 Å². The van der Waals surface area contributed by atoms with Crippen LogP contribution in [0.2, 0.25) is 0 Å². The third-order valence-electron chi connectivity index (χ3n) is 7.08. The van der Waals surface area contributed by atoms with Gasteiger partial charge in [0.15, 0.2) is 0 Å². The monoisotopic (exact) mass is 533 g/mol. The lowest BCUT2D eigenvalue weighted by Crippen LogP contribution is -2.42. The van der Waals surface area contributed by atoms with Gasteiger partial charge in [-0.1, -0.05) is 24.0 Å². The summed E-state index contributed by atoms with van der Waals surface area (Å²) in [4.78, 5) is 53.0. The Morgan fingerprint density at radius 2 is 2.02 bits per heavy atom. The number of aromatic nitrogens is 2. The van der Waals surface area contributed by atoms with Gasteiger partial charge in [0.25, 0.3) is 5.91 Å². The molecule has 0 unspecified atom stereocenters. The van der Waals surface area contributed by atoms with Crippen LogP contribution in [-0.2, 0) is 16.1 Å². The van der Waals surface area contributed by atoms with Crippen molar-refractivity contribution in [2.24, 2.45) is 10.4 Å². The lowest BCUT2D eigenvalue weighted by atomic mass is 9.85. The Kier molecular flexibility index (Phi) is 6.11. The summed E-state index contributed by atoms with van der Waals surface area (Å²) in [6, 6.07) is 10.3. The van der Waals surface area contributed by atoms with Crippen molar-refractivity contribution < 1.29 is 24.2 Å². The van der Waals surface area contributed by atoms with Crippen LogP contribution >= 0.6 is 0 Å². The number of aliphatic imine (C=N–C) groups is 1. The average Bonchev–Trinajstić information content (AvgIpc) is 3.67. The van der Waals surface area contributed by atoms with Crippen molar-refractivity contribution >= 4 is 29.5 Å². The SMILES string of the molecule is COc1ccc2c(c1)C(=O)N(C[C@@]1(C#Cc3cncc(-c4ccc(O)c(C5=CCN=C5)n4)c3)CC(=O)NC1=O)C2. The van der Waals surface area contributed by atoms with Crippen molar-refractivity contribution in [1.82, 2.24) is 20.2 Å². The summed E-state index contributed by atoms with van der Waals surface area (Å²) in [5, 5.41) is 12.6. The van der Waals surface area contributed by atoms with Crippen molar-refractivity contribution in [2.75, 3.05) is 20.2 Å². The smallest absolute Gasteiger partial charge is 0.254 e. The van der Waals surface area contributed by atoms with Crippen LogP contribution in [0.25, 0.3) is 16.8 Å². The number of rotatable bonds is 5. The number of allylic oxidation sites excluding steroid dienone is 1. The molecule has 5 heterocycles. The van der Waals surface area contributed by atoms with Crippen molar-refractivity contribution in [1.29, 1.82) is 0 Å². The number of aromatic hydroxyl groups is 1. The Balaban J connectivity index is 1.30. The van der Waals surface area contributed by atoms with Gasteiger partial charge in [0.05, 0.1) is 25.8 Å². The molecule has 198 valence electrons. The third-order valence-corrected chi connectivity index (χ3v) is 7.08. The van der Waals surface area contributed by atoms with E-state index in [0.29, 0.717) is 46.9 Å². The number of nitrogens with zero attached hydrogens (tertiary/aromatic N) is 4. The minimum Gasteiger partial charge on any atom is -0.506 e. The van der Waals surface area contributed by atoms with E-state index in [4.69, 9.17) is 4.74 Å². The summed E-state index contributed by atoms with van der Waals surface area (Å²) < 4.78 is 5.24. The maximum absolute atomic E-state index is 13.2. The van der Waals surface area contributed by atoms with Gasteiger partial charge in [0.2, 0.25) is 11.8 Å². The molecule has 0 saturated carbocycles. The number of benzene rings is 1. The second kappa shape index (κ2) is 9.78. The number of hydrogen-bond donors (Lipinski definition) is 2. The molecule has 1 aromatic carbocycles. The molecule has 6 rings (SSSR count). The van der Waals surface area contributed by atoms with Crippen LogP contribution in [0, 0.1) is 17.3 Å². The molecule has 3 amide bonds. The Morgan fingerprint density at radius 3 is 2.77 bits per heavy atom. The van der Waals surface area contributed by atoms with Gasteiger partial charge in [-0.2, -0.15) is 0 Å². The van der Waals surface area contributed by atoms with Gasteiger partial charge in [-0.05, 0) is 35.9 Å². The second-order valence-corrected chi connectivity index (χ2v) is 9.75. The van der Waals surface area contributed by atoms with Crippen molar-refractivity contribution in [3.63, 3.8) is 0 Å². The molecule has 0 spiro atoms. The fraction of sp³-hybridized carbons (Fsp3) is 0.200. The molecule has 0 aliphatic carbocycles. The number of ether oxygens (including phenoxy) is 1. The number of methoxy groups -OCH3 is 1. The van der Waals surface area contributed by atoms with Crippen LogP contribution in [0.15, 0.2) is 59.9 Å². The van der Waals surface area contributed by atoms with Gasteiger partial charge in [0, 0.05) is 54.0 Å². The maximum atomic E-state index is 13.2. The normalized spacial score (nSPS) is 19.3. The summed E-state index contributed by atoms with van der Waals surface area (Å²) in [7, 11) is 1.53. The number of fused-ring (bicyclic) bond motifs is 1. The third kappa shape index (κ3) is 4.47. The molecule has 0 bridgehead atoms. The largest absolute Gasteiger partial charge is 0.506 e. The summed E-state index contributed by atoms with van der Waals surface area (Å²) in [5.41, 5.74) is 2.80. The molecule has 1 atom stereocenters. The van der Waals surface area contributed by atoms with E-state index in [0.717, 1.165) is 11.1 Å². The number of amides is 3. The number of carbonyl (C=O) groups excluding carboxylic acids is 3. The predicted octanol–water partition coefficient (Wildman–Crippen LogP) is 2.37. The Morgan fingerprint density at radius 1 is 1.15 bits per heavy atom. The zero-order valence-electron chi connectivity index (χ0n) is 21.5. The van der Waals surface area contributed by atoms with Gasteiger partial charge in [-0.15, -0.1) is 0 Å². The van der Waals surface area contributed by atoms with Crippen molar-refractivity contribution in [3.8, 4) is 34.6 Å². The highest BCUT2D eigenvalue weighted by molar-refractivity contribution is 6.11. The van der Waals surface area contributed by atoms with Gasteiger partial charge in [-0.3, -0.25) is 29.7 Å².